The van der Waals surface area contributed by atoms with Gasteiger partial charge in [-0.25, -0.2) is 8.42 Å². The van der Waals surface area contributed by atoms with Gasteiger partial charge in [0.1, 0.15) is 0 Å². The topological polar surface area (TPSA) is 80.7 Å². The Morgan fingerprint density at radius 1 is 1.19 bits per heavy atom. The molecule has 6 heteroatoms. The van der Waals surface area contributed by atoms with Gasteiger partial charge in [0.05, 0.1) is 22.9 Å². The average Bonchev–Trinajstić information content (AvgIpc) is 2.35. The second kappa shape index (κ2) is 7.04. The summed E-state index contributed by atoms with van der Waals surface area (Å²) < 4.78 is 29.7. The van der Waals surface area contributed by atoms with Gasteiger partial charge in [-0.15, -0.1) is 0 Å². The van der Waals surface area contributed by atoms with Crippen molar-refractivity contribution in [3.63, 3.8) is 0 Å². The fraction of sp³-hybridized carbons (Fsp3) is 0.533. The molecule has 118 valence electrons. The van der Waals surface area contributed by atoms with Gasteiger partial charge in [0, 0.05) is 6.42 Å². The Morgan fingerprint density at radius 3 is 2.24 bits per heavy atom. The largest absolute Gasteiger partial charge is 0.481 e. The molecule has 1 rings (SSSR count). The molecule has 0 unspecified atom stereocenters. The molecule has 0 spiro atoms. The SMILES string of the molecule is CC(C)(C)OCCS(=O)(=O)c1ccc(CCC(=O)O)cc1. The lowest BCUT2D eigenvalue weighted by Crippen LogP contribution is -2.23. The minimum absolute atomic E-state index is 0.0333. The molecule has 0 saturated heterocycles. The number of carboxylic acid groups (broad SMARTS) is 1. The third kappa shape index (κ3) is 6.73. The van der Waals surface area contributed by atoms with Gasteiger partial charge in [-0.3, -0.25) is 4.79 Å². The molecule has 0 bridgehead atoms. The van der Waals surface area contributed by atoms with Crippen LogP contribution in [0.3, 0.4) is 0 Å². The van der Waals surface area contributed by atoms with E-state index in [-0.39, 0.29) is 29.3 Å². The molecule has 0 fully saturated rings. The van der Waals surface area contributed by atoms with Crippen molar-refractivity contribution in [3.05, 3.63) is 29.8 Å². The van der Waals surface area contributed by atoms with E-state index in [1.807, 2.05) is 20.8 Å². The molecule has 1 aromatic carbocycles. The summed E-state index contributed by atoms with van der Waals surface area (Å²) in [5.74, 6) is -0.940. The molecule has 0 amide bonds. The van der Waals surface area contributed by atoms with Crippen LogP contribution in [0.15, 0.2) is 29.2 Å². The van der Waals surface area contributed by atoms with Crippen molar-refractivity contribution in [1.82, 2.24) is 0 Å². The van der Waals surface area contributed by atoms with Crippen LogP contribution in [0.2, 0.25) is 0 Å². The predicted molar refractivity (Wildman–Crippen MR) is 80.2 cm³/mol. The number of aryl methyl sites for hydroxylation is 1. The molecule has 0 aliphatic carbocycles. The smallest absolute Gasteiger partial charge is 0.303 e. The van der Waals surface area contributed by atoms with Crippen LogP contribution >= 0.6 is 0 Å². The highest BCUT2D eigenvalue weighted by molar-refractivity contribution is 7.91. The summed E-state index contributed by atoms with van der Waals surface area (Å²) in [7, 11) is -3.37. The number of carboxylic acids is 1. The Morgan fingerprint density at radius 2 is 1.76 bits per heavy atom. The average molecular weight is 314 g/mol. The minimum atomic E-state index is -3.37. The zero-order valence-electron chi connectivity index (χ0n) is 12.6. The van der Waals surface area contributed by atoms with Gasteiger partial charge in [0.2, 0.25) is 0 Å². The summed E-state index contributed by atoms with van der Waals surface area (Å²) in [5.41, 5.74) is 0.443. The van der Waals surface area contributed by atoms with Crippen molar-refractivity contribution in [2.45, 2.75) is 44.1 Å². The predicted octanol–water partition coefficient (Wildman–Crippen LogP) is 2.29. The highest BCUT2D eigenvalue weighted by Gasteiger charge is 2.17. The van der Waals surface area contributed by atoms with E-state index in [1.54, 1.807) is 12.1 Å². The quantitative estimate of drug-likeness (QED) is 0.835. The first-order chi connectivity index (χ1) is 9.60. The molecule has 0 saturated carbocycles. The number of aliphatic carboxylic acids is 1. The molecule has 5 nitrogen and oxygen atoms in total. The van der Waals surface area contributed by atoms with Crippen LogP contribution < -0.4 is 0 Å². The molecule has 1 N–H and O–H groups in total. The third-order valence-corrected chi connectivity index (χ3v) is 4.49. The number of sulfone groups is 1. The number of benzene rings is 1. The summed E-state index contributed by atoms with van der Waals surface area (Å²) in [4.78, 5) is 10.7. The minimum Gasteiger partial charge on any atom is -0.481 e. The lowest BCUT2D eigenvalue weighted by atomic mass is 10.1. The second-order valence-electron chi connectivity index (χ2n) is 5.82. The van der Waals surface area contributed by atoms with Crippen molar-refractivity contribution in [2.75, 3.05) is 12.4 Å². The van der Waals surface area contributed by atoms with Crippen molar-refractivity contribution >= 4 is 15.8 Å². The Kier molecular flexibility index (Phi) is 5.92. The lowest BCUT2D eigenvalue weighted by molar-refractivity contribution is -0.136. The maximum absolute atomic E-state index is 12.1. The second-order valence-corrected chi connectivity index (χ2v) is 7.93. The van der Waals surface area contributed by atoms with Gasteiger partial charge in [-0.05, 0) is 44.9 Å². The van der Waals surface area contributed by atoms with Gasteiger partial charge in [-0.1, -0.05) is 12.1 Å². The van der Waals surface area contributed by atoms with Crippen LogP contribution in [0.1, 0.15) is 32.8 Å². The Labute approximate surface area is 125 Å². The third-order valence-electron chi connectivity index (χ3n) is 2.80. The number of hydrogen-bond donors (Lipinski definition) is 1. The van der Waals surface area contributed by atoms with Crippen LogP contribution in [0.5, 0.6) is 0 Å². The number of rotatable bonds is 7. The maximum Gasteiger partial charge on any atom is 0.303 e. The van der Waals surface area contributed by atoms with Crippen LogP contribution in [0.25, 0.3) is 0 Å². The van der Waals surface area contributed by atoms with Crippen LogP contribution in [0, 0.1) is 0 Å². The van der Waals surface area contributed by atoms with E-state index in [4.69, 9.17) is 9.84 Å². The highest BCUT2D eigenvalue weighted by atomic mass is 32.2. The van der Waals surface area contributed by atoms with E-state index >= 15 is 0 Å². The fourth-order valence-corrected chi connectivity index (χ4v) is 2.78. The van der Waals surface area contributed by atoms with Crippen molar-refractivity contribution in [3.8, 4) is 0 Å². The first-order valence-electron chi connectivity index (χ1n) is 6.78. The molecule has 0 aromatic heterocycles. The zero-order valence-corrected chi connectivity index (χ0v) is 13.4. The fourth-order valence-electron chi connectivity index (χ4n) is 1.69. The Balaban J connectivity index is 2.65. The Hall–Kier alpha value is -1.40. The molecule has 0 atom stereocenters. The highest BCUT2D eigenvalue weighted by Crippen LogP contribution is 2.15. The van der Waals surface area contributed by atoms with E-state index in [0.717, 1.165) is 5.56 Å². The lowest BCUT2D eigenvalue weighted by Gasteiger charge is -2.19. The van der Waals surface area contributed by atoms with Crippen LogP contribution in [-0.2, 0) is 25.8 Å². The first-order valence-corrected chi connectivity index (χ1v) is 8.43. The van der Waals surface area contributed by atoms with E-state index in [2.05, 4.69) is 0 Å². The normalized spacial score (nSPS) is 12.3. The van der Waals surface area contributed by atoms with E-state index in [0.29, 0.717) is 6.42 Å². The molecular formula is C15H22O5S. The molecule has 0 heterocycles. The maximum atomic E-state index is 12.1. The molecule has 0 radical (unpaired) electrons. The number of hydrogen-bond acceptors (Lipinski definition) is 4. The summed E-state index contributed by atoms with van der Waals surface area (Å²) in [6.07, 6.45) is 0.425. The monoisotopic (exact) mass is 314 g/mol. The summed E-state index contributed by atoms with van der Waals surface area (Å²) in [6.45, 7) is 5.76. The van der Waals surface area contributed by atoms with Crippen molar-refractivity contribution < 1.29 is 23.1 Å². The van der Waals surface area contributed by atoms with E-state index in [9.17, 15) is 13.2 Å². The summed E-state index contributed by atoms with van der Waals surface area (Å²) >= 11 is 0. The summed E-state index contributed by atoms with van der Waals surface area (Å²) in [5, 5.41) is 8.61. The first kappa shape index (κ1) is 17.7. The van der Waals surface area contributed by atoms with E-state index in [1.165, 1.54) is 12.1 Å². The van der Waals surface area contributed by atoms with Gasteiger partial charge < -0.3 is 9.84 Å². The van der Waals surface area contributed by atoms with Crippen LogP contribution in [-0.4, -0.2) is 37.5 Å². The molecule has 1 aromatic rings. The van der Waals surface area contributed by atoms with Gasteiger partial charge in [0.25, 0.3) is 0 Å². The van der Waals surface area contributed by atoms with Crippen molar-refractivity contribution in [2.24, 2.45) is 0 Å². The molecule has 21 heavy (non-hydrogen) atoms. The van der Waals surface area contributed by atoms with Crippen molar-refractivity contribution in [1.29, 1.82) is 0 Å². The summed E-state index contributed by atoms with van der Waals surface area (Å²) in [6, 6.07) is 6.34. The molecule has 0 aliphatic rings. The Bertz CT molecular complexity index is 567. The van der Waals surface area contributed by atoms with E-state index < -0.39 is 15.8 Å². The van der Waals surface area contributed by atoms with Gasteiger partial charge in [0.15, 0.2) is 9.84 Å². The zero-order chi connectivity index (χ0) is 16.1. The molecule has 0 aliphatic heterocycles. The van der Waals surface area contributed by atoms with Gasteiger partial charge in [-0.2, -0.15) is 0 Å². The van der Waals surface area contributed by atoms with Crippen LogP contribution in [0.4, 0.5) is 0 Å². The number of ether oxygens (including phenoxy) is 1. The standard InChI is InChI=1S/C15H22O5S/c1-15(2,3)20-10-11-21(18,19)13-7-4-12(5-8-13)6-9-14(16)17/h4-5,7-8H,6,9-11H2,1-3H3,(H,16,17). The van der Waals surface area contributed by atoms with Gasteiger partial charge >= 0.3 is 5.97 Å². The number of carbonyl (C=O) groups is 1. The molecular weight excluding hydrogens is 292 g/mol.